The predicted molar refractivity (Wildman–Crippen MR) is 89.7 cm³/mol. The Balaban J connectivity index is 1.65. The van der Waals surface area contributed by atoms with Gasteiger partial charge in [-0.25, -0.2) is 0 Å². The van der Waals surface area contributed by atoms with E-state index in [9.17, 15) is 0 Å². The third kappa shape index (κ3) is 3.34. The zero-order valence-electron chi connectivity index (χ0n) is 12.3. The lowest BCUT2D eigenvalue weighted by atomic mass is 10.2. The lowest BCUT2D eigenvalue weighted by Crippen LogP contribution is -2.00. The van der Waals surface area contributed by atoms with Gasteiger partial charge in [0.05, 0.1) is 11.9 Å². The lowest BCUT2D eigenvalue weighted by Gasteiger charge is -2.04. The van der Waals surface area contributed by atoms with Gasteiger partial charge in [-0.05, 0) is 31.5 Å². The van der Waals surface area contributed by atoms with E-state index in [1.54, 1.807) is 0 Å². The molecule has 1 aromatic carbocycles. The molecule has 0 unspecified atom stereocenters. The normalized spacial score (nSPS) is 11.0. The maximum absolute atomic E-state index is 4.34. The van der Waals surface area contributed by atoms with Crippen LogP contribution in [-0.2, 0) is 6.54 Å². The van der Waals surface area contributed by atoms with Crippen molar-refractivity contribution in [1.29, 1.82) is 0 Å². The van der Waals surface area contributed by atoms with Gasteiger partial charge in [-0.2, -0.15) is 5.10 Å². The zero-order valence-corrected chi connectivity index (χ0v) is 13.1. The van der Waals surface area contributed by atoms with Crippen molar-refractivity contribution >= 4 is 17.0 Å². The first-order chi connectivity index (χ1) is 10.2. The van der Waals surface area contributed by atoms with E-state index in [1.165, 1.54) is 15.3 Å². The maximum atomic E-state index is 4.34. The Morgan fingerprint density at radius 3 is 2.67 bits per heavy atom. The summed E-state index contributed by atoms with van der Waals surface area (Å²) in [5.74, 6) is 0. The highest BCUT2D eigenvalue weighted by molar-refractivity contribution is 7.15. The Kier molecular flexibility index (Phi) is 4.06. The van der Waals surface area contributed by atoms with Crippen LogP contribution in [0.15, 0.2) is 54.9 Å². The smallest absolute Gasteiger partial charge is 0.0729 e. The number of anilines is 1. The summed E-state index contributed by atoms with van der Waals surface area (Å²) >= 11 is 1.83. The fourth-order valence-electron chi connectivity index (χ4n) is 2.13. The molecule has 0 fully saturated rings. The van der Waals surface area contributed by atoms with Crippen molar-refractivity contribution < 1.29 is 0 Å². The molecule has 0 spiro atoms. The van der Waals surface area contributed by atoms with Crippen molar-refractivity contribution in [2.45, 2.75) is 26.4 Å². The summed E-state index contributed by atoms with van der Waals surface area (Å²) in [6, 6.07) is 15.3. The first-order valence-corrected chi connectivity index (χ1v) is 7.96. The third-order valence-corrected chi connectivity index (χ3v) is 4.45. The van der Waals surface area contributed by atoms with Crippen molar-refractivity contribution in [2.24, 2.45) is 0 Å². The molecular formula is C17H19N3S. The number of benzene rings is 1. The van der Waals surface area contributed by atoms with Crippen LogP contribution in [0.5, 0.6) is 0 Å². The molecule has 0 aliphatic rings. The van der Waals surface area contributed by atoms with Crippen LogP contribution in [0.2, 0.25) is 0 Å². The molecule has 3 rings (SSSR count). The topological polar surface area (TPSA) is 29.9 Å². The summed E-state index contributed by atoms with van der Waals surface area (Å²) in [5, 5.41) is 7.77. The molecule has 3 nitrogen and oxygen atoms in total. The monoisotopic (exact) mass is 297 g/mol. The van der Waals surface area contributed by atoms with Gasteiger partial charge in [0.15, 0.2) is 0 Å². The van der Waals surface area contributed by atoms with E-state index in [0.717, 1.165) is 12.2 Å². The molecule has 0 radical (unpaired) electrons. The quantitative estimate of drug-likeness (QED) is 0.732. The summed E-state index contributed by atoms with van der Waals surface area (Å²) in [6.07, 6.45) is 3.93. The van der Waals surface area contributed by atoms with Gasteiger partial charge in [-0.3, -0.25) is 4.68 Å². The molecule has 108 valence electrons. The molecule has 0 aliphatic carbocycles. The highest BCUT2D eigenvalue weighted by Gasteiger charge is 2.04. The van der Waals surface area contributed by atoms with E-state index in [4.69, 9.17) is 0 Å². The van der Waals surface area contributed by atoms with E-state index in [2.05, 4.69) is 66.9 Å². The molecule has 2 aromatic heterocycles. The van der Waals surface area contributed by atoms with Crippen LogP contribution in [-0.4, -0.2) is 9.78 Å². The van der Waals surface area contributed by atoms with E-state index in [-0.39, 0.29) is 0 Å². The second kappa shape index (κ2) is 6.14. The highest BCUT2D eigenvalue weighted by atomic mass is 32.1. The van der Waals surface area contributed by atoms with Gasteiger partial charge in [0.25, 0.3) is 0 Å². The van der Waals surface area contributed by atoms with Crippen LogP contribution in [0.25, 0.3) is 10.4 Å². The molecule has 3 aromatic rings. The minimum Gasteiger partial charge on any atom is -0.378 e. The van der Waals surface area contributed by atoms with Gasteiger partial charge < -0.3 is 5.32 Å². The minimum atomic E-state index is 0.395. The highest BCUT2D eigenvalue weighted by Crippen LogP contribution is 2.28. The number of hydrogen-bond acceptors (Lipinski definition) is 3. The van der Waals surface area contributed by atoms with E-state index >= 15 is 0 Å². The molecule has 0 saturated heterocycles. The number of hydrogen-bond donors (Lipinski definition) is 1. The van der Waals surface area contributed by atoms with Crippen molar-refractivity contribution in [1.82, 2.24) is 9.78 Å². The second-order valence-electron chi connectivity index (χ2n) is 5.29. The summed E-state index contributed by atoms with van der Waals surface area (Å²) in [7, 11) is 0. The van der Waals surface area contributed by atoms with E-state index in [1.807, 2.05) is 28.3 Å². The Bertz CT molecular complexity index is 698. The fourth-order valence-corrected chi connectivity index (χ4v) is 3.08. The number of nitrogens with one attached hydrogen (secondary N) is 1. The van der Waals surface area contributed by atoms with Crippen molar-refractivity contribution in [3.05, 3.63) is 59.7 Å². The average Bonchev–Trinajstić information content (AvgIpc) is 3.15. The molecule has 0 amide bonds. The molecular weight excluding hydrogens is 278 g/mol. The second-order valence-corrected chi connectivity index (χ2v) is 6.46. The molecule has 0 saturated carbocycles. The van der Waals surface area contributed by atoms with Crippen molar-refractivity contribution in [3.63, 3.8) is 0 Å². The van der Waals surface area contributed by atoms with Crippen molar-refractivity contribution in [2.75, 3.05) is 5.32 Å². The third-order valence-electron chi connectivity index (χ3n) is 3.32. The van der Waals surface area contributed by atoms with E-state index in [0.29, 0.717) is 6.04 Å². The lowest BCUT2D eigenvalue weighted by molar-refractivity contribution is 0.532. The summed E-state index contributed by atoms with van der Waals surface area (Å²) in [6.45, 7) is 5.09. The number of nitrogens with zero attached hydrogens (tertiary/aromatic N) is 2. The molecule has 2 heterocycles. The average molecular weight is 297 g/mol. The van der Waals surface area contributed by atoms with Crippen LogP contribution >= 0.6 is 11.3 Å². The van der Waals surface area contributed by atoms with Crippen LogP contribution < -0.4 is 5.32 Å². The van der Waals surface area contributed by atoms with Crippen molar-refractivity contribution in [3.8, 4) is 10.4 Å². The number of aromatic nitrogens is 2. The van der Waals surface area contributed by atoms with Gasteiger partial charge in [0, 0.05) is 28.5 Å². The summed E-state index contributed by atoms with van der Waals surface area (Å²) in [4.78, 5) is 2.64. The summed E-state index contributed by atoms with van der Waals surface area (Å²) < 4.78 is 1.96. The van der Waals surface area contributed by atoms with Crippen LogP contribution in [0, 0.1) is 0 Å². The minimum absolute atomic E-state index is 0.395. The Morgan fingerprint density at radius 2 is 1.95 bits per heavy atom. The zero-order chi connectivity index (χ0) is 14.7. The first kappa shape index (κ1) is 13.9. The Morgan fingerprint density at radius 1 is 1.14 bits per heavy atom. The number of rotatable bonds is 5. The van der Waals surface area contributed by atoms with Gasteiger partial charge in [0.2, 0.25) is 0 Å². The predicted octanol–water partition coefficient (Wildman–Crippen LogP) is 4.80. The first-order valence-electron chi connectivity index (χ1n) is 7.14. The van der Waals surface area contributed by atoms with E-state index < -0.39 is 0 Å². The summed E-state index contributed by atoms with van der Waals surface area (Å²) in [5.41, 5.74) is 2.35. The van der Waals surface area contributed by atoms with Crippen LogP contribution in [0.3, 0.4) is 0 Å². The standard InChI is InChI=1S/C17H19N3S/c1-13(2)20-12-15(10-19-20)18-11-16-8-9-17(21-16)14-6-4-3-5-7-14/h3-10,12-13,18H,11H2,1-2H3. The fraction of sp³-hybridized carbons (Fsp3) is 0.235. The molecule has 0 bridgehead atoms. The van der Waals surface area contributed by atoms with Crippen LogP contribution in [0.4, 0.5) is 5.69 Å². The Labute approximate surface area is 129 Å². The molecule has 21 heavy (non-hydrogen) atoms. The molecule has 0 aliphatic heterocycles. The van der Waals surface area contributed by atoms with Gasteiger partial charge in [-0.15, -0.1) is 11.3 Å². The maximum Gasteiger partial charge on any atom is 0.0729 e. The van der Waals surface area contributed by atoms with Gasteiger partial charge in [-0.1, -0.05) is 30.3 Å². The van der Waals surface area contributed by atoms with Gasteiger partial charge in [0.1, 0.15) is 0 Å². The molecule has 0 atom stereocenters. The Hall–Kier alpha value is -2.07. The molecule has 1 N–H and O–H groups in total. The van der Waals surface area contributed by atoms with Gasteiger partial charge >= 0.3 is 0 Å². The van der Waals surface area contributed by atoms with Crippen LogP contribution in [0.1, 0.15) is 24.8 Å². The SMILES string of the molecule is CC(C)n1cc(NCc2ccc(-c3ccccc3)s2)cn1. The number of thiophene rings is 1. The largest absolute Gasteiger partial charge is 0.378 e. The molecule has 4 heteroatoms.